The maximum atomic E-state index is 12.4. The van der Waals surface area contributed by atoms with Gasteiger partial charge in [-0.3, -0.25) is 9.78 Å². The smallest absolute Gasteiger partial charge is 0.257 e. The molecule has 134 valence electrons. The number of pyridine rings is 2. The normalized spacial score (nSPS) is 10.2. The lowest BCUT2D eigenvalue weighted by Gasteiger charge is -2.10. The molecule has 1 amide bonds. The van der Waals surface area contributed by atoms with Crippen LogP contribution in [0.25, 0.3) is 10.9 Å². The van der Waals surface area contributed by atoms with Crippen LogP contribution in [-0.2, 0) is 0 Å². The predicted octanol–water partition coefficient (Wildman–Crippen LogP) is 4.50. The van der Waals surface area contributed by atoms with Gasteiger partial charge in [0.2, 0.25) is 0 Å². The SMILES string of the molecule is N#Cc1ccccc1NC(=O)c1ccc(Nc2cccc3cccnc23)nc1. The van der Waals surface area contributed by atoms with Gasteiger partial charge in [0.05, 0.1) is 28.0 Å². The Hall–Kier alpha value is -4.24. The highest BCUT2D eigenvalue weighted by Gasteiger charge is 2.10. The molecule has 28 heavy (non-hydrogen) atoms. The second-order valence-corrected chi connectivity index (χ2v) is 6.05. The molecule has 0 spiro atoms. The molecule has 0 fully saturated rings. The van der Waals surface area contributed by atoms with E-state index in [-0.39, 0.29) is 5.91 Å². The zero-order valence-corrected chi connectivity index (χ0v) is 14.8. The lowest BCUT2D eigenvalue weighted by molar-refractivity contribution is 0.102. The lowest BCUT2D eigenvalue weighted by Crippen LogP contribution is -2.13. The number of aromatic nitrogens is 2. The molecule has 4 aromatic rings. The molecule has 6 nitrogen and oxygen atoms in total. The summed E-state index contributed by atoms with van der Waals surface area (Å²) in [6, 6.07) is 22.1. The standard InChI is InChI=1S/C22H15N5O/c23-13-16-5-1-2-8-18(16)27-22(28)17-10-11-20(25-14-17)26-19-9-3-6-15-7-4-12-24-21(15)19/h1-12,14H,(H,25,26)(H,27,28). The van der Waals surface area contributed by atoms with E-state index in [0.29, 0.717) is 22.6 Å². The topological polar surface area (TPSA) is 90.7 Å². The Labute approximate surface area is 161 Å². The van der Waals surface area contributed by atoms with E-state index in [9.17, 15) is 4.79 Å². The molecule has 0 saturated carbocycles. The number of para-hydroxylation sites is 2. The van der Waals surface area contributed by atoms with E-state index >= 15 is 0 Å². The summed E-state index contributed by atoms with van der Waals surface area (Å²) >= 11 is 0. The third-order valence-electron chi connectivity index (χ3n) is 4.22. The van der Waals surface area contributed by atoms with E-state index in [1.54, 1.807) is 42.6 Å². The highest BCUT2D eigenvalue weighted by Crippen LogP contribution is 2.24. The predicted molar refractivity (Wildman–Crippen MR) is 108 cm³/mol. The molecule has 0 aliphatic rings. The first-order valence-electron chi connectivity index (χ1n) is 8.62. The summed E-state index contributed by atoms with van der Waals surface area (Å²) in [6.45, 7) is 0. The van der Waals surface area contributed by atoms with E-state index < -0.39 is 0 Å². The van der Waals surface area contributed by atoms with Crippen LogP contribution in [0.3, 0.4) is 0 Å². The Morgan fingerprint density at radius 1 is 0.893 bits per heavy atom. The summed E-state index contributed by atoms with van der Waals surface area (Å²) < 4.78 is 0. The maximum Gasteiger partial charge on any atom is 0.257 e. The Balaban J connectivity index is 1.52. The summed E-state index contributed by atoms with van der Waals surface area (Å²) in [5.74, 6) is 0.278. The third-order valence-corrected chi connectivity index (χ3v) is 4.22. The molecule has 0 saturated heterocycles. The van der Waals surface area contributed by atoms with Crippen LogP contribution in [0.2, 0.25) is 0 Å². The van der Waals surface area contributed by atoms with Crippen molar-refractivity contribution < 1.29 is 4.79 Å². The molecule has 4 rings (SSSR count). The number of anilines is 3. The number of benzene rings is 2. The van der Waals surface area contributed by atoms with Crippen LogP contribution >= 0.6 is 0 Å². The maximum absolute atomic E-state index is 12.4. The fraction of sp³-hybridized carbons (Fsp3) is 0. The molecule has 0 aliphatic heterocycles. The van der Waals surface area contributed by atoms with Gasteiger partial charge in [-0.2, -0.15) is 5.26 Å². The zero-order chi connectivity index (χ0) is 19.3. The Morgan fingerprint density at radius 2 is 1.71 bits per heavy atom. The van der Waals surface area contributed by atoms with Crippen LogP contribution in [0.5, 0.6) is 0 Å². The Kier molecular flexibility index (Phi) is 4.64. The number of hydrogen-bond acceptors (Lipinski definition) is 5. The molecular formula is C22H15N5O. The average molecular weight is 365 g/mol. The second-order valence-electron chi connectivity index (χ2n) is 6.05. The van der Waals surface area contributed by atoms with Crippen molar-refractivity contribution in [2.24, 2.45) is 0 Å². The molecule has 0 atom stereocenters. The Bertz CT molecular complexity index is 1190. The molecule has 6 heteroatoms. The fourth-order valence-corrected chi connectivity index (χ4v) is 2.83. The van der Waals surface area contributed by atoms with Crippen LogP contribution in [0.4, 0.5) is 17.2 Å². The van der Waals surface area contributed by atoms with E-state index in [1.807, 2.05) is 30.3 Å². The van der Waals surface area contributed by atoms with E-state index in [1.165, 1.54) is 6.20 Å². The van der Waals surface area contributed by atoms with Gasteiger partial charge in [0.25, 0.3) is 5.91 Å². The van der Waals surface area contributed by atoms with Crippen LogP contribution in [0.15, 0.2) is 79.1 Å². The molecule has 2 aromatic carbocycles. The fourth-order valence-electron chi connectivity index (χ4n) is 2.83. The molecule has 2 N–H and O–H groups in total. The van der Waals surface area contributed by atoms with Gasteiger partial charge < -0.3 is 10.6 Å². The van der Waals surface area contributed by atoms with Gasteiger partial charge in [0, 0.05) is 17.8 Å². The first kappa shape index (κ1) is 17.2. The van der Waals surface area contributed by atoms with Crippen molar-refractivity contribution in [3.05, 3.63) is 90.3 Å². The molecule has 0 radical (unpaired) electrons. The highest BCUT2D eigenvalue weighted by molar-refractivity contribution is 6.04. The van der Waals surface area contributed by atoms with Crippen LogP contribution in [0.1, 0.15) is 15.9 Å². The number of nitriles is 1. The van der Waals surface area contributed by atoms with Crippen LogP contribution in [-0.4, -0.2) is 15.9 Å². The zero-order valence-electron chi connectivity index (χ0n) is 14.8. The van der Waals surface area contributed by atoms with Gasteiger partial charge in [-0.25, -0.2) is 4.98 Å². The van der Waals surface area contributed by atoms with Crippen molar-refractivity contribution >= 4 is 34.0 Å². The van der Waals surface area contributed by atoms with Gasteiger partial charge in [0.1, 0.15) is 11.9 Å². The van der Waals surface area contributed by atoms with E-state index in [2.05, 4.69) is 26.7 Å². The lowest BCUT2D eigenvalue weighted by atomic mass is 10.2. The van der Waals surface area contributed by atoms with Crippen molar-refractivity contribution in [1.82, 2.24) is 9.97 Å². The van der Waals surface area contributed by atoms with E-state index in [0.717, 1.165) is 16.6 Å². The number of amides is 1. The summed E-state index contributed by atoms with van der Waals surface area (Å²) in [5.41, 5.74) is 2.96. The quantitative estimate of drug-likeness (QED) is 0.556. The summed E-state index contributed by atoms with van der Waals surface area (Å²) in [7, 11) is 0. The van der Waals surface area contributed by atoms with Gasteiger partial charge in [-0.15, -0.1) is 0 Å². The molecule has 0 aliphatic carbocycles. The van der Waals surface area contributed by atoms with Crippen molar-refractivity contribution in [3.8, 4) is 6.07 Å². The molecule has 2 aromatic heterocycles. The molecular weight excluding hydrogens is 350 g/mol. The number of fused-ring (bicyclic) bond motifs is 1. The molecule has 0 unspecified atom stereocenters. The number of nitrogens with zero attached hydrogens (tertiary/aromatic N) is 3. The number of rotatable bonds is 4. The molecule has 0 bridgehead atoms. The van der Waals surface area contributed by atoms with Gasteiger partial charge >= 0.3 is 0 Å². The highest BCUT2D eigenvalue weighted by atomic mass is 16.1. The minimum absolute atomic E-state index is 0.325. The van der Waals surface area contributed by atoms with Gasteiger partial charge in [0.15, 0.2) is 0 Å². The van der Waals surface area contributed by atoms with Crippen molar-refractivity contribution in [2.45, 2.75) is 0 Å². The van der Waals surface area contributed by atoms with Crippen molar-refractivity contribution in [2.75, 3.05) is 10.6 Å². The number of carbonyl (C=O) groups excluding carboxylic acids is 1. The largest absolute Gasteiger partial charge is 0.338 e. The molecule has 2 heterocycles. The number of nitrogens with one attached hydrogen (secondary N) is 2. The van der Waals surface area contributed by atoms with Crippen molar-refractivity contribution in [1.29, 1.82) is 5.26 Å². The third kappa shape index (κ3) is 3.50. The average Bonchev–Trinajstić information content (AvgIpc) is 2.75. The Morgan fingerprint density at radius 3 is 2.54 bits per heavy atom. The number of hydrogen-bond donors (Lipinski definition) is 2. The minimum Gasteiger partial charge on any atom is -0.338 e. The number of carbonyl (C=O) groups is 1. The monoisotopic (exact) mass is 365 g/mol. The first-order chi connectivity index (χ1) is 13.7. The van der Waals surface area contributed by atoms with E-state index in [4.69, 9.17) is 5.26 Å². The first-order valence-corrected chi connectivity index (χ1v) is 8.62. The van der Waals surface area contributed by atoms with Crippen LogP contribution in [0, 0.1) is 11.3 Å². The summed E-state index contributed by atoms with van der Waals surface area (Å²) in [5, 5.41) is 16.1. The summed E-state index contributed by atoms with van der Waals surface area (Å²) in [6.07, 6.45) is 3.23. The summed E-state index contributed by atoms with van der Waals surface area (Å²) in [4.78, 5) is 21.2. The van der Waals surface area contributed by atoms with Gasteiger partial charge in [-0.05, 0) is 36.4 Å². The minimum atomic E-state index is -0.325. The van der Waals surface area contributed by atoms with Crippen molar-refractivity contribution in [3.63, 3.8) is 0 Å². The second kappa shape index (κ2) is 7.56. The van der Waals surface area contributed by atoms with Crippen LogP contribution < -0.4 is 10.6 Å². The van der Waals surface area contributed by atoms with Gasteiger partial charge in [-0.1, -0.05) is 30.3 Å².